The SMILES string of the molecule is Cc1c(I)c(=O)n(-c2ccccc2)n1[14CH3]. The van der Waals surface area contributed by atoms with Crippen molar-refractivity contribution in [3.05, 3.63) is 49.9 Å². The van der Waals surface area contributed by atoms with Gasteiger partial charge in [-0.3, -0.25) is 9.48 Å². The predicted octanol–water partition coefficient (Wildman–Crippen LogP) is 2.09. The second-order valence-corrected chi connectivity index (χ2v) is 4.45. The number of hydrogen-bond acceptors (Lipinski definition) is 1. The average Bonchev–Trinajstić information content (AvgIpc) is 2.45. The van der Waals surface area contributed by atoms with Crippen molar-refractivity contribution in [2.75, 3.05) is 0 Å². The van der Waals surface area contributed by atoms with Gasteiger partial charge in [-0.1, -0.05) is 18.2 Å². The third-order valence-electron chi connectivity index (χ3n) is 2.48. The Morgan fingerprint density at radius 3 is 2.33 bits per heavy atom. The Kier molecular flexibility index (Phi) is 2.68. The molecule has 0 atom stereocenters. The van der Waals surface area contributed by atoms with Gasteiger partial charge in [-0.2, -0.15) is 0 Å². The molecule has 1 aromatic carbocycles. The van der Waals surface area contributed by atoms with Crippen LogP contribution in [0.15, 0.2) is 35.1 Å². The lowest BCUT2D eigenvalue weighted by Gasteiger charge is -2.07. The summed E-state index contributed by atoms with van der Waals surface area (Å²) in [5.74, 6) is 0. The van der Waals surface area contributed by atoms with E-state index in [0.717, 1.165) is 15.0 Å². The van der Waals surface area contributed by atoms with Gasteiger partial charge in [0.25, 0.3) is 5.56 Å². The molecule has 0 amide bonds. The van der Waals surface area contributed by atoms with E-state index in [4.69, 9.17) is 0 Å². The van der Waals surface area contributed by atoms with Gasteiger partial charge in [0.1, 0.15) is 3.57 Å². The number of para-hydroxylation sites is 1. The fourth-order valence-corrected chi connectivity index (χ4v) is 2.11. The largest absolute Gasteiger partial charge is 0.285 e. The van der Waals surface area contributed by atoms with Crippen LogP contribution in [0.5, 0.6) is 0 Å². The van der Waals surface area contributed by atoms with Crippen molar-refractivity contribution in [2.24, 2.45) is 7.05 Å². The van der Waals surface area contributed by atoms with Gasteiger partial charge in [0, 0.05) is 7.05 Å². The van der Waals surface area contributed by atoms with Crippen LogP contribution >= 0.6 is 22.6 Å². The molecule has 0 bridgehead atoms. The average molecular weight is 316 g/mol. The Morgan fingerprint density at radius 2 is 1.87 bits per heavy atom. The minimum absolute atomic E-state index is 0.0433. The molecule has 0 saturated heterocycles. The van der Waals surface area contributed by atoms with E-state index >= 15 is 0 Å². The van der Waals surface area contributed by atoms with Gasteiger partial charge in [-0.25, -0.2) is 4.68 Å². The first kappa shape index (κ1) is 10.5. The fourth-order valence-electron chi connectivity index (χ4n) is 1.54. The molecule has 0 fully saturated rings. The molecular weight excluding hydrogens is 305 g/mol. The number of hydrogen-bond donors (Lipinski definition) is 0. The lowest BCUT2D eigenvalue weighted by molar-refractivity contribution is 0.630. The third kappa shape index (κ3) is 1.62. The van der Waals surface area contributed by atoms with Crippen LogP contribution in [0.2, 0.25) is 0 Å². The second-order valence-electron chi connectivity index (χ2n) is 3.38. The lowest BCUT2D eigenvalue weighted by Crippen LogP contribution is -2.20. The molecule has 0 N–H and O–H groups in total. The molecule has 0 aliphatic heterocycles. The first-order valence-corrected chi connectivity index (χ1v) is 5.70. The van der Waals surface area contributed by atoms with Crippen molar-refractivity contribution in [1.82, 2.24) is 9.36 Å². The van der Waals surface area contributed by atoms with E-state index < -0.39 is 0 Å². The molecule has 4 heteroatoms. The minimum atomic E-state index is 0.0433. The van der Waals surface area contributed by atoms with Crippen LogP contribution in [0.1, 0.15) is 5.69 Å². The van der Waals surface area contributed by atoms with Crippen LogP contribution < -0.4 is 5.56 Å². The van der Waals surface area contributed by atoms with Crippen LogP contribution in [0.4, 0.5) is 0 Å². The first-order valence-electron chi connectivity index (χ1n) is 4.62. The van der Waals surface area contributed by atoms with Gasteiger partial charge in [0.05, 0.1) is 11.4 Å². The Morgan fingerprint density at radius 1 is 1.27 bits per heavy atom. The smallest absolute Gasteiger partial charge is 0.284 e. The van der Waals surface area contributed by atoms with Gasteiger partial charge >= 0.3 is 0 Å². The van der Waals surface area contributed by atoms with Crippen molar-refractivity contribution in [3.63, 3.8) is 0 Å². The highest BCUT2D eigenvalue weighted by Crippen LogP contribution is 2.10. The van der Waals surface area contributed by atoms with E-state index in [1.807, 2.05) is 49.0 Å². The predicted molar refractivity (Wildman–Crippen MR) is 68.5 cm³/mol. The maximum absolute atomic E-state index is 11.9. The third-order valence-corrected chi connectivity index (χ3v) is 3.73. The highest BCUT2D eigenvalue weighted by atomic mass is 127. The Labute approximate surface area is 101 Å². The minimum Gasteiger partial charge on any atom is -0.284 e. The summed E-state index contributed by atoms with van der Waals surface area (Å²) in [4.78, 5) is 11.9. The second kappa shape index (κ2) is 3.84. The summed E-state index contributed by atoms with van der Waals surface area (Å²) in [6.07, 6.45) is 0. The molecule has 0 unspecified atom stereocenters. The van der Waals surface area contributed by atoms with Crippen molar-refractivity contribution >= 4 is 22.6 Å². The van der Waals surface area contributed by atoms with E-state index in [0.29, 0.717) is 0 Å². The molecule has 2 rings (SSSR count). The molecule has 2 aromatic rings. The number of halogens is 1. The summed E-state index contributed by atoms with van der Waals surface area (Å²) in [6.45, 7) is 1.95. The van der Waals surface area contributed by atoms with Gasteiger partial charge in [0.15, 0.2) is 0 Å². The molecule has 0 saturated carbocycles. The molecule has 0 aliphatic rings. The maximum Gasteiger partial charge on any atom is 0.285 e. The van der Waals surface area contributed by atoms with Crippen LogP contribution in [-0.4, -0.2) is 9.36 Å². The number of aromatic nitrogens is 2. The normalized spacial score (nSPS) is 10.6. The summed E-state index contributed by atoms with van der Waals surface area (Å²) >= 11 is 2.09. The molecule has 3 nitrogen and oxygen atoms in total. The van der Waals surface area contributed by atoms with Crippen LogP contribution in [0.3, 0.4) is 0 Å². The zero-order valence-electron chi connectivity index (χ0n) is 8.57. The molecule has 0 spiro atoms. The van der Waals surface area contributed by atoms with Gasteiger partial charge in [0.2, 0.25) is 0 Å². The summed E-state index contributed by atoms with van der Waals surface area (Å²) in [5.41, 5.74) is 1.93. The molecule has 15 heavy (non-hydrogen) atoms. The summed E-state index contributed by atoms with van der Waals surface area (Å²) in [5, 5.41) is 0. The number of benzene rings is 1. The van der Waals surface area contributed by atoms with Crippen molar-refractivity contribution in [3.8, 4) is 5.69 Å². The Hall–Kier alpha value is -1.04. The molecule has 1 heterocycles. The van der Waals surface area contributed by atoms with Crippen LogP contribution in [0.25, 0.3) is 5.69 Å². The van der Waals surface area contributed by atoms with E-state index in [9.17, 15) is 4.79 Å². The molecule has 0 radical (unpaired) electrons. The maximum atomic E-state index is 11.9. The van der Waals surface area contributed by atoms with Crippen LogP contribution in [0, 0.1) is 10.5 Å². The van der Waals surface area contributed by atoms with Gasteiger partial charge in [-0.15, -0.1) is 0 Å². The number of rotatable bonds is 1. The first-order chi connectivity index (χ1) is 7.13. The van der Waals surface area contributed by atoms with Gasteiger partial charge < -0.3 is 0 Å². The topological polar surface area (TPSA) is 26.9 Å². The molecule has 0 aliphatic carbocycles. The fraction of sp³-hybridized carbons (Fsp3) is 0.182. The summed E-state index contributed by atoms with van der Waals surface area (Å²) in [7, 11) is 1.89. The van der Waals surface area contributed by atoms with E-state index in [-0.39, 0.29) is 5.56 Å². The van der Waals surface area contributed by atoms with Gasteiger partial charge in [-0.05, 0) is 41.6 Å². The zero-order valence-corrected chi connectivity index (χ0v) is 10.7. The van der Waals surface area contributed by atoms with E-state index in [1.54, 1.807) is 4.68 Å². The zero-order chi connectivity index (χ0) is 11.0. The monoisotopic (exact) mass is 316 g/mol. The Balaban J connectivity index is 2.75. The molecular formula is C11H11IN2O. The summed E-state index contributed by atoms with van der Waals surface area (Å²) < 4.78 is 4.33. The number of nitrogens with zero attached hydrogens (tertiary/aromatic N) is 2. The van der Waals surface area contributed by atoms with E-state index in [1.165, 1.54) is 0 Å². The van der Waals surface area contributed by atoms with Crippen molar-refractivity contribution in [1.29, 1.82) is 0 Å². The molecule has 1 aromatic heterocycles. The standard InChI is InChI=1S/C11H11IN2O/c1-8-10(12)11(15)14(13(8)2)9-6-4-3-5-7-9/h3-7H,1-2H3/i2+2. The molecule has 78 valence electrons. The lowest BCUT2D eigenvalue weighted by atomic mass is 10.3. The van der Waals surface area contributed by atoms with E-state index in [2.05, 4.69) is 22.6 Å². The van der Waals surface area contributed by atoms with Crippen LogP contribution in [-0.2, 0) is 7.05 Å². The van der Waals surface area contributed by atoms with Crippen molar-refractivity contribution in [2.45, 2.75) is 6.92 Å². The summed E-state index contributed by atoms with van der Waals surface area (Å²) in [6, 6.07) is 9.65. The highest BCUT2D eigenvalue weighted by molar-refractivity contribution is 14.1. The Bertz CT molecular complexity index is 540. The van der Waals surface area contributed by atoms with Crippen molar-refractivity contribution < 1.29 is 0 Å². The quantitative estimate of drug-likeness (QED) is 0.740. The highest BCUT2D eigenvalue weighted by Gasteiger charge is 2.12.